The molecule has 31 heavy (non-hydrogen) atoms. The van der Waals surface area contributed by atoms with Crippen molar-refractivity contribution in [3.8, 4) is 0 Å². The molecule has 1 aromatic carbocycles. The van der Waals surface area contributed by atoms with Gasteiger partial charge in [-0.05, 0) is 94.9 Å². The number of nitrogens with one attached hydrogen (secondary N) is 1. The fraction of sp³-hybridized carbons (Fsp3) is 0.680. The standard InChI is InChI=1S/C25H38BN3O2/c1-17(2)29(24(30)20-8-7-18-5-3-4-6-19(18)15-20)23-10-9-21(27-16-23)13-14-28(25(26)31)22-11-12-22/h7-8,15,17,21-23,27H,3-6,9-14,16,26H2,1-2H3. The second-order valence-electron chi connectivity index (χ2n) is 10.1. The molecule has 3 aliphatic rings. The van der Waals surface area contributed by atoms with Gasteiger partial charge in [-0.25, -0.2) is 0 Å². The van der Waals surface area contributed by atoms with Gasteiger partial charge in [0.25, 0.3) is 5.91 Å². The molecule has 1 saturated heterocycles. The summed E-state index contributed by atoms with van der Waals surface area (Å²) in [6, 6.07) is 7.69. The molecular formula is C25H38BN3O2. The first-order valence-corrected chi connectivity index (χ1v) is 12.4. The summed E-state index contributed by atoms with van der Waals surface area (Å²) in [5.74, 6) is 0.378. The highest BCUT2D eigenvalue weighted by Gasteiger charge is 2.33. The zero-order valence-corrected chi connectivity index (χ0v) is 19.5. The summed E-state index contributed by atoms with van der Waals surface area (Å²) in [5.41, 5.74) is 3.64. The number of carbonyl (C=O) groups is 2. The van der Waals surface area contributed by atoms with Gasteiger partial charge in [-0.2, -0.15) is 0 Å². The van der Waals surface area contributed by atoms with Crippen molar-refractivity contribution in [1.29, 1.82) is 0 Å². The average Bonchev–Trinajstić information content (AvgIpc) is 3.59. The Hall–Kier alpha value is -1.82. The smallest absolute Gasteiger partial charge is 0.254 e. The molecule has 2 unspecified atom stereocenters. The highest BCUT2D eigenvalue weighted by atomic mass is 16.2. The second-order valence-corrected chi connectivity index (χ2v) is 10.1. The van der Waals surface area contributed by atoms with E-state index in [1.54, 1.807) is 7.85 Å². The molecule has 1 saturated carbocycles. The Morgan fingerprint density at radius 3 is 2.39 bits per heavy atom. The van der Waals surface area contributed by atoms with Crippen LogP contribution in [0.5, 0.6) is 0 Å². The van der Waals surface area contributed by atoms with E-state index in [-0.39, 0.29) is 23.8 Å². The van der Waals surface area contributed by atoms with E-state index in [1.165, 1.54) is 24.0 Å². The van der Waals surface area contributed by atoms with Gasteiger partial charge in [-0.1, -0.05) is 6.07 Å². The zero-order chi connectivity index (χ0) is 22.0. The molecular weight excluding hydrogens is 385 g/mol. The Bertz CT molecular complexity index is 800. The second kappa shape index (κ2) is 9.77. The Kier molecular flexibility index (Phi) is 7.05. The van der Waals surface area contributed by atoms with E-state index in [4.69, 9.17) is 0 Å². The maximum absolute atomic E-state index is 13.5. The number of piperidine rings is 1. The molecule has 0 bridgehead atoms. The van der Waals surface area contributed by atoms with Crippen molar-refractivity contribution >= 4 is 19.6 Å². The first-order chi connectivity index (χ1) is 14.9. The lowest BCUT2D eigenvalue weighted by Crippen LogP contribution is -2.54. The van der Waals surface area contributed by atoms with Gasteiger partial charge in [0.2, 0.25) is 7.85 Å². The normalized spacial score (nSPS) is 23.3. The highest BCUT2D eigenvalue weighted by molar-refractivity contribution is 6.57. The van der Waals surface area contributed by atoms with Gasteiger partial charge in [0.1, 0.15) is 0 Å². The molecule has 0 spiro atoms. The Morgan fingerprint density at radius 1 is 1.06 bits per heavy atom. The van der Waals surface area contributed by atoms with Gasteiger partial charge in [0.05, 0.1) is 0 Å². The van der Waals surface area contributed by atoms with Crippen LogP contribution in [-0.2, 0) is 12.8 Å². The van der Waals surface area contributed by atoms with Crippen LogP contribution in [-0.4, -0.2) is 66.6 Å². The first-order valence-electron chi connectivity index (χ1n) is 12.4. The van der Waals surface area contributed by atoms with E-state index >= 15 is 0 Å². The van der Waals surface area contributed by atoms with Crippen LogP contribution < -0.4 is 5.32 Å². The van der Waals surface area contributed by atoms with Gasteiger partial charge in [0, 0.05) is 42.8 Å². The topological polar surface area (TPSA) is 52.7 Å². The molecule has 2 atom stereocenters. The summed E-state index contributed by atoms with van der Waals surface area (Å²) < 4.78 is 0. The number of hydrogen-bond donors (Lipinski definition) is 1. The monoisotopic (exact) mass is 423 g/mol. The van der Waals surface area contributed by atoms with Crippen LogP contribution in [0.4, 0.5) is 4.79 Å². The minimum Gasteiger partial charge on any atom is -0.349 e. The average molecular weight is 423 g/mol. The lowest BCUT2D eigenvalue weighted by atomic mass is 9.90. The largest absolute Gasteiger partial charge is 0.349 e. The van der Waals surface area contributed by atoms with Crippen molar-refractivity contribution in [1.82, 2.24) is 15.1 Å². The summed E-state index contributed by atoms with van der Waals surface area (Å²) in [6.45, 7) is 5.94. The SMILES string of the molecule is BC(=O)N(CCC1CCC(N(C(=O)c2ccc3c(c2)CCCC3)C(C)C)CN1)C1CC1. The van der Waals surface area contributed by atoms with E-state index in [0.717, 1.165) is 63.6 Å². The first kappa shape index (κ1) is 22.4. The number of hydrogen-bond acceptors (Lipinski definition) is 3. The minimum atomic E-state index is 0.171. The molecule has 1 N–H and O–H groups in total. The molecule has 1 aromatic rings. The number of fused-ring (bicyclic) bond motifs is 1. The summed E-state index contributed by atoms with van der Waals surface area (Å²) in [4.78, 5) is 29.5. The molecule has 5 nitrogen and oxygen atoms in total. The lowest BCUT2D eigenvalue weighted by Gasteiger charge is -2.40. The molecule has 0 radical (unpaired) electrons. The van der Waals surface area contributed by atoms with E-state index in [1.807, 2.05) is 11.0 Å². The summed E-state index contributed by atoms with van der Waals surface area (Å²) in [7, 11) is 1.69. The molecule has 168 valence electrons. The molecule has 2 aliphatic carbocycles. The number of benzene rings is 1. The molecule has 2 amide bonds. The summed E-state index contributed by atoms with van der Waals surface area (Å²) in [6.07, 6.45) is 10.1. The van der Waals surface area contributed by atoms with E-state index in [0.29, 0.717) is 12.1 Å². The van der Waals surface area contributed by atoms with Crippen LogP contribution in [0.25, 0.3) is 0 Å². The Morgan fingerprint density at radius 2 is 1.77 bits per heavy atom. The molecule has 0 aromatic heterocycles. The number of aryl methyl sites for hydroxylation is 2. The minimum absolute atomic E-state index is 0.171. The molecule has 4 rings (SSSR count). The van der Waals surface area contributed by atoms with Gasteiger partial charge in [0.15, 0.2) is 5.81 Å². The van der Waals surface area contributed by atoms with Crippen LogP contribution >= 0.6 is 0 Å². The lowest BCUT2D eigenvalue weighted by molar-refractivity contribution is 0.0551. The maximum Gasteiger partial charge on any atom is 0.254 e. The van der Waals surface area contributed by atoms with Crippen LogP contribution in [0.1, 0.15) is 80.3 Å². The maximum atomic E-state index is 13.5. The van der Waals surface area contributed by atoms with Gasteiger partial charge in [-0.3, -0.25) is 9.59 Å². The quantitative estimate of drug-likeness (QED) is 0.686. The molecule has 1 aliphatic heterocycles. The summed E-state index contributed by atoms with van der Waals surface area (Å²) >= 11 is 0. The molecule has 1 heterocycles. The third kappa shape index (κ3) is 5.34. The molecule has 6 heteroatoms. The Balaban J connectivity index is 1.35. The van der Waals surface area contributed by atoms with Crippen molar-refractivity contribution in [2.45, 2.75) is 95.8 Å². The van der Waals surface area contributed by atoms with Crippen molar-refractivity contribution in [2.75, 3.05) is 13.1 Å². The van der Waals surface area contributed by atoms with Gasteiger partial charge in [-0.15, -0.1) is 0 Å². The number of nitrogens with zero attached hydrogens (tertiary/aromatic N) is 2. The predicted octanol–water partition coefficient (Wildman–Crippen LogP) is 3.14. The fourth-order valence-corrected chi connectivity index (χ4v) is 5.50. The van der Waals surface area contributed by atoms with Crippen molar-refractivity contribution < 1.29 is 9.59 Å². The molecule has 2 fully saturated rings. The van der Waals surface area contributed by atoms with Crippen LogP contribution in [0, 0.1) is 0 Å². The van der Waals surface area contributed by atoms with Gasteiger partial charge < -0.3 is 15.1 Å². The summed E-state index contributed by atoms with van der Waals surface area (Å²) in [5, 5.41) is 3.68. The van der Waals surface area contributed by atoms with E-state index in [9.17, 15) is 9.59 Å². The van der Waals surface area contributed by atoms with E-state index in [2.05, 4.69) is 36.2 Å². The Labute approximate surface area is 188 Å². The van der Waals surface area contributed by atoms with Crippen LogP contribution in [0.2, 0.25) is 0 Å². The predicted molar refractivity (Wildman–Crippen MR) is 127 cm³/mol. The van der Waals surface area contributed by atoms with Gasteiger partial charge >= 0.3 is 0 Å². The third-order valence-electron chi connectivity index (χ3n) is 7.38. The number of rotatable bonds is 7. The highest BCUT2D eigenvalue weighted by Crippen LogP contribution is 2.28. The number of carbonyl (C=O) groups excluding carboxylic acids is 2. The third-order valence-corrected chi connectivity index (χ3v) is 7.38. The number of amides is 2. The zero-order valence-electron chi connectivity index (χ0n) is 19.5. The van der Waals surface area contributed by atoms with E-state index < -0.39 is 0 Å². The van der Waals surface area contributed by atoms with Crippen LogP contribution in [0.3, 0.4) is 0 Å². The van der Waals surface area contributed by atoms with Crippen LogP contribution in [0.15, 0.2) is 18.2 Å². The van der Waals surface area contributed by atoms with Crippen molar-refractivity contribution in [3.63, 3.8) is 0 Å². The fourth-order valence-electron chi connectivity index (χ4n) is 5.50. The van der Waals surface area contributed by atoms with Crippen molar-refractivity contribution in [3.05, 3.63) is 34.9 Å². The van der Waals surface area contributed by atoms with Crippen molar-refractivity contribution in [2.24, 2.45) is 0 Å².